The molecule has 1 aromatic heterocycles. The van der Waals surface area contributed by atoms with Crippen LogP contribution in [0.5, 0.6) is 0 Å². The Labute approximate surface area is 97.5 Å². The third-order valence-corrected chi connectivity index (χ3v) is 2.45. The second-order valence-corrected chi connectivity index (χ2v) is 3.57. The molecule has 1 heterocycles. The van der Waals surface area contributed by atoms with Crippen molar-refractivity contribution < 1.29 is 9.72 Å². The number of carbonyl (C=O) groups excluding carboxylic acids is 1. The van der Waals surface area contributed by atoms with E-state index in [0.717, 1.165) is 0 Å². The van der Waals surface area contributed by atoms with Crippen molar-refractivity contribution in [3.8, 4) is 5.69 Å². The van der Waals surface area contributed by atoms with Crippen LogP contribution >= 0.6 is 0 Å². The Morgan fingerprint density at radius 1 is 1.24 bits per heavy atom. The third kappa shape index (κ3) is 1.94. The zero-order valence-corrected chi connectivity index (χ0v) is 9.16. The van der Waals surface area contributed by atoms with Crippen LogP contribution in [0, 0.1) is 10.1 Å². The fourth-order valence-electron chi connectivity index (χ4n) is 1.70. The molecular weight excluding hydrogens is 220 g/mol. The molecule has 0 aliphatic carbocycles. The summed E-state index contributed by atoms with van der Waals surface area (Å²) in [4.78, 5) is 21.8. The van der Waals surface area contributed by atoms with Gasteiger partial charge in [0.1, 0.15) is 5.69 Å². The van der Waals surface area contributed by atoms with Crippen molar-refractivity contribution >= 4 is 11.5 Å². The second kappa shape index (κ2) is 4.21. The predicted molar refractivity (Wildman–Crippen MR) is 62.4 cm³/mol. The van der Waals surface area contributed by atoms with E-state index in [-0.39, 0.29) is 11.5 Å². The van der Waals surface area contributed by atoms with E-state index in [0.29, 0.717) is 11.4 Å². The summed E-state index contributed by atoms with van der Waals surface area (Å²) in [6, 6.07) is 9.65. The van der Waals surface area contributed by atoms with Gasteiger partial charge in [0.05, 0.1) is 10.6 Å². The molecular formula is C12H10N2O3. The molecule has 0 spiro atoms. The number of hydrogen-bond donors (Lipinski definition) is 0. The number of Topliss-reactive ketones (excluding diaryl/α,β-unsaturated/α-hetero) is 1. The topological polar surface area (TPSA) is 65.1 Å². The van der Waals surface area contributed by atoms with Gasteiger partial charge in [0, 0.05) is 19.2 Å². The quantitative estimate of drug-likeness (QED) is 0.462. The van der Waals surface area contributed by atoms with Crippen LogP contribution in [0.25, 0.3) is 5.69 Å². The van der Waals surface area contributed by atoms with Gasteiger partial charge < -0.3 is 4.57 Å². The summed E-state index contributed by atoms with van der Waals surface area (Å²) in [5, 5.41) is 10.9. The molecule has 86 valence electrons. The minimum atomic E-state index is -0.459. The van der Waals surface area contributed by atoms with E-state index < -0.39 is 4.92 Å². The Morgan fingerprint density at radius 2 is 1.94 bits per heavy atom. The second-order valence-electron chi connectivity index (χ2n) is 3.57. The molecule has 2 aromatic rings. The fourth-order valence-corrected chi connectivity index (χ4v) is 1.70. The van der Waals surface area contributed by atoms with E-state index in [2.05, 4.69) is 0 Å². The van der Waals surface area contributed by atoms with Gasteiger partial charge in [0.15, 0.2) is 5.78 Å². The van der Waals surface area contributed by atoms with Gasteiger partial charge in [-0.3, -0.25) is 14.9 Å². The number of aromatic nitrogens is 1. The molecule has 0 N–H and O–H groups in total. The first-order valence-electron chi connectivity index (χ1n) is 5.03. The number of carbonyl (C=O) groups is 1. The van der Waals surface area contributed by atoms with Crippen LogP contribution in [0.3, 0.4) is 0 Å². The molecule has 0 unspecified atom stereocenters. The summed E-state index contributed by atoms with van der Waals surface area (Å²) in [5.74, 6) is -0.131. The lowest BCUT2D eigenvalue weighted by molar-refractivity contribution is -0.384. The van der Waals surface area contributed by atoms with E-state index in [9.17, 15) is 14.9 Å². The van der Waals surface area contributed by atoms with Crippen molar-refractivity contribution in [3.63, 3.8) is 0 Å². The Hall–Kier alpha value is -2.43. The van der Waals surface area contributed by atoms with Gasteiger partial charge in [0.2, 0.25) is 0 Å². The molecule has 0 atom stereocenters. The molecule has 0 fully saturated rings. The Morgan fingerprint density at radius 3 is 2.59 bits per heavy atom. The lowest BCUT2D eigenvalue weighted by atomic mass is 10.2. The summed E-state index contributed by atoms with van der Waals surface area (Å²) in [6.45, 7) is 1.43. The van der Waals surface area contributed by atoms with E-state index in [1.54, 1.807) is 36.5 Å². The lowest BCUT2D eigenvalue weighted by Crippen LogP contribution is -2.05. The molecule has 17 heavy (non-hydrogen) atoms. The number of hydrogen-bond acceptors (Lipinski definition) is 3. The molecule has 1 aromatic carbocycles. The molecule has 2 rings (SSSR count). The van der Waals surface area contributed by atoms with Crippen LogP contribution in [-0.4, -0.2) is 15.3 Å². The molecule has 0 aliphatic rings. The predicted octanol–water partition coefficient (Wildman–Crippen LogP) is 2.59. The molecule has 0 radical (unpaired) electrons. The summed E-state index contributed by atoms with van der Waals surface area (Å²) >= 11 is 0. The highest BCUT2D eigenvalue weighted by Crippen LogP contribution is 2.24. The molecule has 0 saturated carbocycles. The maximum Gasteiger partial charge on any atom is 0.293 e. The zero-order valence-electron chi connectivity index (χ0n) is 9.16. The van der Waals surface area contributed by atoms with Gasteiger partial charge in [-0.05, 0) is 18.2 Å². The smallest absolute Gasteiger partial charge is 0.293 e. The van der Waals surface area contributed by atoms with Crippen molar-refractivity contribution in [3.05, 3.63) is 58.4 Å². The largest absolute Gasteiger partial charge is 0.308 e. The highest BCUT2D eigenvalue weighted by molar-refractivity contribution is 5.93. The van der Waals surface area contributed by atoms with Crippen molar-refractivity contribution in [1.82, 2.24) is 4.57 Å². The number of nitrogens with zero attached hydrogens (tertiary/aromatic N) is 2. The maximum atomic E-state index is 11.4. The Kier molecular flexibility index (Phi) is 2.74. The average Bonchev–Trinajstić information content (AvgIpc) is 2.77. The molecule has 0 saturated heterocycles. The van der Waals surface area contributed by atoms with Gasteiger partial charge in [-0.2, -0.15) is 0 Å². The van der Waals surface area contributed by atoms with Crippen LogP contribution in [-0.2, 0) is 0 Å². The number of ketones is 1. The van der Waals surface area contributed by atoms with Crippen LogP contribution in [0.2, 0.25) is 0 Å². The van der Waals surface area contributed by atoms with Crippen LogP contribution in [0.15, 0.2) is 42.6 Å². The van der Waals surface area contributed by atoms with Gasteiger partial charge in [-0.15, -0.1) is 0 Å². The first kappa shape index (κ1) is 11.1. The van der Waals surface area contributed by atoms with E-state index >= 15 is 0 Å². The summed E-state index contributed by atoms with van der Waals surface area (Å²) in [7, 11) is 0. The fraction of sp³-hybridized carbons (Fsp3) is 0.0833. The Bertz CT molecular complexity index is 587. The van der Waals surface area contributed by atoms with Gasteiger partial charge in [0.25, 0.3) is 5.69 Å². The van der Waals surface area contributed by atoms with E-state index in [1.807, 2.05) is 0 Å². The Balaban J connectivity index is 2.64. The van der Waals surface area contributed by atoms with Gasteiger partial charge in [-0.25, -0.2) is 0 Å². The van der Waals surface area contributed by atoms with Crippen LogP contribution < -0.4 is 0 Å². The number of para-hydroxylation sites is 2. The first-order chi connectivity index (χ1) is 8.11. The summed E-state index contributed by atoms with van der Waals surface area (Å²) in [6.07, 6.45) is 1.64. The molecule has 0 aliphatic heterocycles. The van der Waals surface area contributed by atoms with E-state index in [4.69, 9.17) is 0 Å². The van der Waals surface area contributed by atoms with Gasteiger partial charge >= 0.3 is 0 Å². The number of benzene rings is 1. The normalized spacial score (nSPS) is 10.2. The standard InChI is InChI=1S/C12H10N2O3/c1-9(15)10-7-4-8-13(10)11-5-2-3-6-12(11)14(16)17/h2-8H,1H3. The monoisotopic (exact) mass is 230 g/mol. The van der Waals surface area contributed by atoms with Crippen LogP contribution in [0.1, 0.15) is 17.4 Å². The minimum Gasteiger partial charge on any atom is -0.308 e. The lowest BCUT2D eigenvalue weighted by Gasteiger charge is -2.07. The van der Waals surface area contributed by atoms with Crippen molar-refractivity contribution in [1.29, 1.82) is 0 Å². The van der Waals surface area contributed by atoms with Crippen LogP contribution in [0.4, 0.5) is 5.69 Å². The molecule has 5 heteroatoms. The molecule has 0 bridgehead atoms. The number of nitro groups is 1. The number of nitro benzene ring substituents is 1. The highest BCUT2D eigenvalue weighted by atomic mass is 16.6. The van der Waals surface area contributed by atoms with Crippen molar-refractivity contribution in [2.24, 2.45) is 0 Å². The summed E-state index contributed by atoms with van der Waals surface area (Å²) < 4.78 is 1.53. The average molecular weight is 230 g/mol. The first-order valence-corrected chi connectivity index (χ1v) is 5.03. The summed E-state index contributed by atoms with van der Waals surface area (Å²) in [5.41, 5.74) is 0.804. The molecule has 0 amide bonds. The third-order valence-electron chi connectivity index (χ3n) is 2.45. The number of rotatable bonds is 3. The minimum absolute atomic E-state index is 0.0220. The van der Waals surface area contributed by atoms with Crippen molar-refractivity contribution in [2.45, 2.75) is 6.92 Å². The van der Waals surface area contributed by atoms with Gasteiger partial charge in [-0.1, -0.05) is 12.1 Å². The zero-order chi connectivity index (χ0) is 12.4. The SMILES string of the molecule is CC(=O)c1cccn1-c1ccccc1[N+](=O)[O-]. The van der Waals surface area contributed by atoms with Crippen molar-refractivity contribution in [2.75, 3.05) is 0 Å². The highest BCUT2D eigenvalue weighted by Gasteiger charge is 2.16. The molecule has 5 nitrogen and oxygen atoms in total. The van der Waals surface area contributed by atoms with E-state index in [1.165, 1.54) is 17.6 Å². The maximum absolute atomic E-state index is 11.4.